The Balaban J connectivity index is 1.45. The number of carbonyl (C=O) groups excluding carboxylic acids is 2. The van der Waals surface area contributed by atoms with Crippen molar-refractivity contribution in [1.29, 1.82) is 0 Å². The second-order valence-corrected chi connectivity index (χ2v) is 8.44. The van der Waals surface area contributed by atoms with Gasteiger partial charge in [-0.25, -0.2) is 0 Å². The molecule has 0 fully saturated rings. The highest BCUT2D eigenvalue weighted by molar-refractivity contribution is 6.42. The molecular weight excluding hydrogens is 417 g/mol. The van der Waals surface area contributed by atoms with Gasteiger partial charge >= 0.3 is 0 Å². The molecular formula is C25H21Cl2NO2. The van der Waals surface area contributed by atoms with E-state index in [1.807, 2.05) is 43.3 Å². The van der Waals surface area contributed by atoms with Crippen molar-refractivity contribution >= 4 is 40.6 Å². The highest BCUT2D eigenvalue weighted by Gasteiger charge is 2.29. The van der Waals surface area contributed by atoms with Crippen LogP contribution < -0.4 is 5.32 Å². The van der Waals surface area contributed by atoms with Crippen LogP contribution in [0.25, 0.3) is 0 Å². The molecule has 1 aliphatic rings. The Morgan fingerprint density at radius 2 is 1.77 bits per heavy atom. The molecule has 1 unspecified atom stereocenters. The van der Waals surface area contributed by atoms with Crippen molar-refractivity contribution in [3.05, 3.63) is 98.5 Å². The van der Waals surface area contributed by atoms with Crippen LogP contribution in [0.2, 0.25) is 10.0 Å². The molecule has 0 radical (unpaired) electrons. The lowest BCUT2D eigenvalue weighted by Gasteiger charge is -2.24. The topological polar surface area (TPSA) is 46.2 Å². The summed E-state index contributed by atoms with van der Waals surface area (Å²) in [5.74, 6) is -0.136. The van der Waals surface area contributed by atoms with Crippen molar-refractivity contribution in [2.75, 3.05) is 5.32 Å². The molecule has 152 valence electrons. The Hall–Kier alpha value is -2.62. The largest absolute Gasteiger partial charge is 0.322 e. The smallest absolute Gasteiger partial charge is 0.255 e. The Kier molecular flexibility index (Phi) is 5.94. The first-order chi connectivity index (χ1) is 14.4. The van der Waals surface area contributed by atoms with Gasteiger partial charge in [0.05, 0.1) is 10.0 Å². The van der Waals surface area contributed by atoms with Gasteiger partial charge in [-0.2, -0.15) is 0 Å². The van der Waals surface area contributed by atoms with E-state index in [2.05, 4.69) is 5.32 Å². The Bertz CT molecular complexity index is 1120. The summed E-state index contributed by atoms with van der Waals surface area (Å²) in [6.07, 6.45) is 2.11. The second kappa shape index (κ2) is 8.63. The minimum absolute atomic E-state index is 0.0959. The highest BCUT2D eigenvalue weighted by Crippen LogP contribution is 2.36. The fourth-order valence-electron chi connectivity index (χ4n) is 3.92. The van der Waals surface area contributed by atoms with Gasteiger partial charge in [0.25, 0.3) is 5.91 Å². The van der Waals surface area contributed by atoms with Crippen LogP contribution in [0.15, 0.2) is 60.7 Å². The summed E-state index contributed by atoms with van der Waals surface area (Å²) in [4.78, 5) is 25.5. The van der Waals surface area contributed by atoms with Gasteiger partial charge in [-0.05, 0) is 73.2 Å². The van der Waals surface area contributed by atoms with Crippen LogP contribution in [-0.2, 0) is 12.8 Å². The summed E-state index contributed by atoms with van der Waals surface area (Å²) < 4.78 is 0. The lowest BCUT2D eigenvalue weighted by atomic mass is 9.79. The second-order valence-electron chi connectivity index (χ2n) is 7.66. The zero-order chi connectivity index (χ0) is 21.3. The van der Waals surface area contributed by atoms with E-state index in [0.717, 1.165) is 35.2 Å². The molecule has 3 aromatic rings. The minimum Gasteiger partial charge on any atom is -0.322 e. The third kappa shape index (κ3) is 4.14. The average Bonchev–Trinajstić information content (AvgIpc) is 2.75. The van der Waals surface area contributed by atoms with Crippen molar-refractivity contribution in [3.63, 3.8) is 0 Å². The van der Waals surface area contributed by atoms with Crippen LogP contribution in [-0.4, -0.2) is 11.7 Å². The first-order valence-electron chi connectivity index (χ1n) is 9.91. The summed E-state index contributed by atoms with van der Waals surface area (Å²) in [5, 5.41) is 3.92. The molecule has 0 aromatic heterocycles. The molecule has 3 nitrogen and oxygen atoms in total. The van der Waals surface area contributed by atoms with E-state index < -0.39 is 0 Å². The van der Waals surface area contributed by atoms with Crippen molar-refractivity contribution in [2.45, 2.75) is 26.2 Å². The molecule has 0 aliphatic heterocycles. The molecule has 3 aromatic carbocycles. The fourth-order valence-corrected chi connectivity index (χ4v) is 4.35. The van der Waals surface area contributed by atoms with E-state index in [-0.39, 0.29) is 17.6 Å². The molecule has 0 saturated carbocycles. The zero-order valence-corrected chi connectivity index (χ0v) is 18.1. The summed E-state index contributed by atoms with van der Waals surface area (Å²) in [5.41, 5.74) is 4.97. The number of hydrogen-bond donors (Lipinski definition) is 1. The number of nitrogens with one attached hydrogen (secondary N) is 1. The fraction of sp³-hybridized carbons (Fsp3) is 0.200. The number of ketones is 1. The van der Waals surface area contributed by atoms with E-state index in [1.54, 1.807) is 24.3 Å². The minimum atomic E-state index is -0.148. The van der Waals surface area contributed by atoms with E-state index >= 15 is 0 Å². The Morgan fingerprint density at radius 3 is 2.50 bits per heavy atom. The zero-order valence-electron chi connectivity index (χ0n) is 16.5. The SMILES string of the molecule is Cc1ccccc1NC(=O)c1ccc(CC2CCc3c(ccc(Cl)c3Cl)C2=O)cc1. The number of halogens is 2. The maximum atomic E-state index is 12.9. The lowest BCUT2D eigenvalue weighted by Crippen LogP contribution is -2.24. The van der Waals surface area contributed by atoms with Crippen molar-refractivity contribution in [2.24, 2.45) is 5.92 Å². The molecule has 0 bridgehead atoms. The maximum Gasteiger partial charge on any atom is 0.255 e. The molecule has 0 spiro atoms. The van der Waals surface area contributed by atoms with Gasteiger partial charge in [-0.3, -0.25) is 9.59 Å². The lowest BCUT2D eigenvalue weighted by molar-refractivity contribution is 0.0900. The standard InChI is InChI=1S/C25H21Cl2NO2/c1-15-4-2-3-5-22(15)28-25(30)17-8-6-16(7-9-17)14-18-10-11-19-20(24(18)29)12-13-21(26)23(19)27/h2-9,12-13,18H,10-11,14H2,1H3,(H,28,30). The predicted octanol–water partition coefficient (Wildman–Crippen LogP) is 6.54. The van der Waals surface area contributed by atoms with Crippen LogP contribution in [0.3, 0.4) is 0 Å². The number of carbonyl (C=O) groups is 2. The summed E-state index contributed by atoms with van der Waals surface area (Å²) >= 11 is 12.4. The Labute approximate surface area is 186 Å². The van der Waals surface area contributed by atoms with Gasteiger partial charge in [0.15, 0.2) is 5.78 Å². The quantitative estimate of drug-likeness (QED) is 0.503. The molecule has 1 aliphatic carbocycles. The number of amides is 1. The van der Waals surface area contributed by atoms with Gasteiger partial charge in [0.2, 0.25) is 0 Å². The molecule has 0 saturated heterocycles. The normalized spacial score (nSPS) is 15.6. The van der Waals surface area contributed by atoms with Crippen LogP contribution >= 0.6 is 23.2 Å². The van der Waals surface area contributed by atoms with E-state index in [1.165, 1.54) is 0 Å². The third-order valence-electron chi connectivity index (χ3n) is 5.67. The van der Waals surface area contributed by atoms with Crippen LogP contribution in [0.4, 0.5) is 5.69 Å². The third-order valence-corrected chi connectivity index (χ3v) is 6.51. The summed E-state index contributed by atoms with van der Waals surface area (Å²) in [6.45, 7) is 1.96. The van der Waals surface area contributed by atoms with Crippen LogP contribution in [0.1, 0.15) is 43.8 Å². The average molecular weight is 438 g/mol. The van der Waals surface area contributed by atoms with Crippen molar-refractivity contribution < 1.29 is 9.59 Å². The summed E-state index contributed by atoms with van der Waals surface area (Å²) in [7, 11) is 0. The molecule has 1 atom stereocenters. The first-order valence-corrected chi connectivity index (χ1v) is 10.7. The van der Waals surface area contributed by atoms with E-state index in [0.29, 0.717) is 27.6 Å². The predicted molar refractivity (Wildman–Crippen MR) is 122 cm³/mol. The van der Waals surface area contributed by atoms with Gasteiger partial charge in [-0.1, -0.05) is 53.5 Å². The number of para-hydroxylation sites is 1. The van der Waals surface area contributed by atoms with Gasteiger partial charge in [-0.15, -0.1) is 0 Å². The number of anilines is 1. The molecule has 1 amide bonds. The number of benzene rings is 3. The molecule has 4 rings (SSSR count). The Morgan fingerprint density at radius 1 is 1.03 bits per heavy atom. The van der Waals surface area contributed by atoms with Gasteiger partial charge in [0, 0.05) is 22.7 Å². The van der Waals surface area contributed by atoms with Crippen LogP contribution in [0.5, 0.6) is 0 Å². The number of fused-ring (bicyclic) bond motifs is 1. The maximum absolute atomic E-state index is 12.9. The summed E-state index contributed by atoms with van der Waals surface area (Å²) in [6, 6.07) is 18.6. The van der Waals surface area contributed by atoms with Gasteiger partial charge < -0.3 is 5.32 Å². The number of hydrogen-bond acceptors (Lipinski definition) is 2. The molecule has 0 heterocycles. The van der Waals surface area contributed by atoms with Crippen LogP contribution in [0, 0.1) is 12.8 Å². The van der Waals surface area contributed by atoms with Gasteiger partial charge in [0.1, 0.15) is 0 Å². The van der Waals surface area contributed by atoms with E-state index in [9.17, 15) is 9.59 Å². The van der Waals surface area contributed by atoms with Crippen molar-refractivity contribution in [3.8, 4) is 0 Å². The molecule has 5 heteroatoms. The number of aryl methyl sites for hydroxylation is 1. The molecule has 30 heavy (non-hydrogen) atoms. The number of rotatable bonds is 4. The number of Topliss-reactive ketones (excluding diaryl/α,β-unsaturated/α-hetero) is 1. The highest BCUT2D eigenvalue weighted by atomic mass is 35.5. The van der Waals surface area contributed by atoms with E-state index in [4.69, 9.17) is 23.2 Å². The molecule has 1 N–H and O–H groups in total. The monoisotopic (exact) mass is 437 g/mol. The van der Waals surface area contributed by atoms with Crippen molar-refractivity contribution in [1.82, 2.24) is 0 Å². The first kappa shape index (κ1) is 20.6.